The summed E-state index contributed by atoms with van der Waals surface area (Å²) in [5.74, 6) is -0.114. The largest absolute Gasteiger partial charge is 0.333 e. The number of amides is 1. The van der Waals surface area contributed by atoms with Gasteiger partial charge in [0, 0.05) is 13.1 Å². The van der Waals surface area contributed by atoms with Crippen LogP contribution in [0.15, 0.2) is 36.7 Å². The highest BCUT2D eigenvalue weighted by molar-refractivity contribution is 6.29. The lowest BCUT2D eigenvalue weighted by molar-refractivity contribution is 0.0739. The summed E-state index contributed by atoms with van der Waals surface area (Å²) in [5, 5.41) is 0.242. The maximum absolute atomic E-state index is 12.5. The summed E-state index contributed by atoms with van der Waals surface area (Å²) >= 11 is 5.80. The van der Waals surface area contributed by atoms with Crippen LogP contribution in [0, 0.1) is 0 Å². The topological polar surface area (TPSA) is 46.1 Å². The van der Waals surface area contributed by atoms with E-state index in [4.69, 9.17) is 11.6 Å². The number of rotatable bonds is 1. The number of aromatic nitrogens is 2. The molecule has 3 rings (SSSR count). The van der Waals surface area contributed by atoms with E-state index in [9.17, 15) is 4.79 Å². The van der Waals surface area contributed by atoms with Crippen molar-refractivity contribution in [3.63, 3.8) is 0 Å². The summed E-state index contributed by atoms with van der Waals surface area (Å²) in [7, 11) is 0. The lowest BCUT2D eigenvalue weighted by atomic mass is 10.0. The van der Waals surface area contributed by atoms with E-state index in [0.717, 1.165) is 19.4 Å². The predicted molar refractivity (Wildman–Crippen MR) is 76.5 cm³/mol. The third kappa shape index (κ3) is 2.65. The van der Waals surface area contributed by atoms with Crippen molar-refractivity contribution in [2.24, 2.45) is 0 Å². The van der Waals surface area contributed by atoms with Crippen LogP contribution in [0.4, 0.5) is 0 Å². The Morgan fingerprint density at radius 3 is 2.80 bits per heavy atom. The predicted octanol–water partition coefficient (Wildman–Crippen LogP) is 2.72. The normalized spacial score (nSPS) is 14.6. The highest BCUT2D eigenvalue weighted by Gasteiger charge is 2.21. The Morgan fingerprint density at radius 2 is 2.00 bits per heavy atom. The maximum atomic E-state index is 12.5. The minimum Gasteiger partial charge on any atom is -0.333 e. The fraction of sp³-hybridized carbons (Fsp3) is 0.267. The summed E-state index contributed by atoms with van der Waals surface area (Å²) in [6.45, 7) is 1.34. The summed E-state index contributed by atoms with van der Waals surface area (Å²) in [5.41, 5.74) is 2.82. The molecule has 2 heterocycles. The zero-order valence-electron chi connectivity index (χ0n) is 10.9. The lowest BCUT2D eigenvalue weighted by Gasteiger charge is -2.20. The number of benzene rings is 1. The molecule has 1 aromatic carbocycles. The van der Waals surface area contributed by atoms with Gasteiger partial charge >= 0.3 is 0 Å². The van der Waals surface area contributed by atoms with Crippen molar-refractivity contribution in [3.05, 3.63) is 58.6 Å². The summed E-state index contributed by atoms with van der Waals surface area (Å²) in [6.07, 6.45) is 4.85. The molecule has 0 saturated carbocycles. The molecule has 20 heavy (non-hydrogen) atoms. The molecule has 2 aromatic rings. The molecule has 0 bridgehead atoms. The monoisotopic (exact) mass is 287 g/mol. The summed E-state index contributed by atoms with van der Waals surface area (Å²) < 4.78 is 0. The van der Waals surface area contributed by atoms with Crippen molar-refractivity contribution in [1.29, 1.82) is 0 Å². The Balaban J connectivity index is 1.86. The molecule has 0 aliphatic carbocycles. The van der Waals surface area contributed by atoms with Crippen LogP contribution in [0.3, 0.4) is 0 Å². The molecule has 4 nitrogen and oxygen atoms in total. The molecular formula is C15H14ClN3O. The van der Waals surface area contributed by atoms with E-state index in [0.29, 0.717) is 12.2 Å². The molecule has 0 atom stereocenters. The lowest BCUT2D eigenvalue weighted by Crippen LogP contribution is -2.31. The number of aryl methyl sites for hydroxylation is 1. The van der Waals surface area contributed by atoms with Gasteiger partial charge < -0.3 is 4.90 Å². The first-order valence-electron chi connectivity index (χ1n) is 6.57. The molecule has 0 unspecified atom stereocenters. The van der Waals surface area contributed by atoms with Gasteiger partial charge in [0.2, 0.25) is 0 Å². The molecule has 0 N–H and O–H groups in total. The Labute approximate surface area is 122 Å². The average Bonchev–Trinajstić information content (AvgIpc) is 2.68. The number of halogens is 1. The number of nitrogens with zero attached hydrogens (tertiary/aromatic N) is 3. The molecule has 5 heteroatoms. The van der Waals surface area contributed by atoms with E-state index in [1.54, 1.807) is 0 Å². The van der Waals surface area contributed by atoms with Gasteiger partial charge in [0.25, 0.3) is 5.91 Å². The first kappa shape index (κ1) is 13.1. The first-order chi connectivity index (χ1) is 9.74. The van der Waals surface area contributed by atoms with Crippen molar-refractivity contribution in [2.75, 3.05) is 6.54 Å². The first-order valence-corrected chi connectivity index (χ1v) is 6.95. The van der Waals surface area contributed by atoms with E-state index in [2.05, 4.69) is 22.1 Å². The van der Waals surface area contributed by atoms with Crippen LogP contribution in [0.1, 0.15) is 28.0 Å². The smallest absolute Gasteiger partial charge is 0.274 e. The number of carbonyl (C=O) groups is 1. The van der Waals surface area contributed by atoms with Gasteiger partial charge in [-0.3, -0.25) is 9.78 Å². The van der Waals surface area contributed by atoms with Gasteiger partial charge in [-0.15, -0.1) is 0 Å². The molecule has 1 aromatic heterocycles. The van der Waals surface area contributed by atoms with Gasteiger partial charge in [0.05, 0.1) is 12.4 Å². The molecule has 1 amide bonds. The van der Waals surface area contributed by atoms with E-state index in [-0.39, 0.29) is 11.1 Å². The van der Waals surface area contributed by atoms with Gasteiger partial charge in [-0.25, -0.2) is 4.98 Å². The number of hydrogen-bond acceptors (Lipinski definition) is 3. The zero-order valence-corrected chi connectivity index (χ0v) is 11.7. The maximum Gasteiger partial charge on any atom is 0.274 e. The van der Waals surface area contributed by atoms with Crippen LogP contribution in [0.25, 0.3) is 0 Å². The van der Waals surface area contributed by atoms with Gasteiger partial charge in [-0.05, 0) is 24.0 Å². The average molecular weight is 288 g/mol. The Hall–Kier alpha value is -1.94. The van der Waals surface area contributed by atoms with E-state index < -0.39 is 0 Å². The highest BCUT2D eigenvalue weighted by atomic mass is 35.5. The van der Waals surface area contributed by atoms with Gasteiger partial charge in [-0.1, -0.05) is 35.9 Å². The number of hydrogen-bond donors (Lipinski definition) is 0. The van der Waals surface area contributed by atoms with Gasteiger partial charge in [-0.2, -0.15) is 0 Å². The van der Waals surface area contributed by atoms with Crippen molar-refractivity contribution < 1.29 is 4.79 Å². The molecule has 0 spiro atoms. The fourth-order valence-electron chi connectivity index (χ4n) is 2.48. The Morgan fingerprint density at radius 1 is 1.20 bits per heavy atom. The van der Waals surface area contributed by atoms with Crippen LogP contribution >= 0.6 is 11.6 Å². The molecule has 102 valence electrons. The van der Waals surface area contributed by atoms with Crippen molar-refractivity contribution in [2.45, 2.75) is 19.4 Å². The summed E-state index contributed by atoms with van der Waals surface area (Å²) in [6, 6.07) is 8.25. The second-order valence-electron chi connectivity index (χ2n) is 4.83. The van der Waals surface area contributed by atoms with Gasteiger partial charge in [0.1, 0.15) is 10.8 Å². The molecule has 0 fully saturated rings. The van der Waals surface area contributed by atoms with E-state index >= 15 is 0 Å². The summed E-state index contributed by atoms with van der Waals surface area (Å²) in [4.78, 5) is 22.3. The van der Waals surface area contributed by atoms with Crippen LogP contribution in [0.5, 0.6) is 0 Å². The van der Waals surface area contributed by atoms with Crippen LogP contribution < -0.4 is 0 Å². The van der Waals surface area contributed by atoms with E-state index in [1.165, 1.54) is 23.5 Å². The van der Waals surface area contributed by atoms with E-state index in [1.807, 2.05) is 17.0 Å². The molecule has 0 radical (unpaired) electrons. The second kappa shape index (κ2) is 5.59. The quantitative estimate of drug-likeness (QED) is 0.810. The number of carbonyl (C=O) groups excluding carboxylic acids is 1. The fourth-order valence-corrected chi connectivity index (χ4v) is 2.63. The molecular weight excluding hydrogens is 274 g/mol. The standard InChI is InChI=1S/C15H14ClN3O/c16-14-9-17-8-13(18-14)15(20)19-7-3-6-11-4-1-2-5-12(11)10-19/h1-2,4-5,8-9H,3,6-7,10H2. The van der Waals surface area contributed by atoms with Crippen LogP contribution in [-0.4, -0.2) is 27.3 Å². The van der Waals surface area contributed by atoms with Crippen LogP contribution in [0.2, 0.25) is 5.15 Å². The van der Waals surface area contributed by atoms with Crippen molar-refractivity contribution in [3.8, 4) is 0 Å². The highest BCUT2D eigenvalue weighted by Crippen LogP contribution is 2.19. The SMILES string of the molecule is O=C(c1cncc(Cl)n1)N1CCCc2ccccc2C1. The van der Waals surface area contributed by atoms with Crippen molar-refractivity contribution >= 4 is 17.5 Å². The molecule has 1 aliphatic heterocycles. The molecule has 0 saturated heterocycles. The Kier molecular flexibility index (Phi) is 3.65. The van der Waals surface area contributed by atoms with Gasteiger partial charge in [0.15, 0.2) is 0 Å². The minimum atomic E-state index is -0.114. The minimum absolute atomic E-state index is 0.114. The number of fused-ring (bicyclic) bond motifs is 1. The van der Waals surface area contributed by atoms with Crippen molar-refractivity contribution in [1.82, 2.24) is 14.9 Å². The van der Waals surface area contributed by atoms with Crippen LogP contribution in [-0.2, 0) is 13.0 Å². The third-order valence-electron chi connectivity index (χ3n) is 3.47. The second-order valence-corrected chi connectivity index (χ2v) is 5.21. The third-order valence-corrected chi connectivity index (χ3v) is 3.65. The Bertz CT molecular complexity index is 645. The zero-order chi connectivity index (χ0) is 13.9. The molecule has 1 aliphatic rings.